The molecule has 0 fully saturated rings. The molecule has 0 bridgehead atoms. The number of phenols is 1. The van der Waals surface area contributed by atoms with E-state index >= 15 is 0 Å². The zero-order valence-electron chi connectivity index (χ0n) is 7.60. The predicted molar refractivity (Wildman–Crippen MR) is 55.3 cm³/mol. The van der Waals surface area contributed by atoms with Crippen molar-refractivity contribution in [3.8, 4) is 5.75 Å². The fourth-order valence-electron chi connectivity index (χ4n) is 0.574. The van der Waals surface area contributed by atoms with E-state index in [2.05, 4.69) is 15.6 Å². The smallest absolute Gasteiger partial charge is 0.171 e. The SMILES string of the molecule is O.Oc1ccccc1[CH]=[Fe].[NH-]CC[NH-]. The minimum Gasteiger partial charge on any atom is -0.679 e. The van der Waals surface area contributed by atoms with Crippen molar-refractivity contribution in [2.24, 2.45) is 0 Å². The Morgan fingerprint density at radius 2 is 1.71 bits per heavy atom. The number of aromatic hydroxyl groups is 1. The number of rotatable bonds is 2. The predicted octanol–water partition coefficient (Wildman–Crippen LogP) is 1.36. The van der Waals surface area contributed by atoms with Crippen LogP contribution in [0.4, 0.5) is 0 Å². The van der Waals surface area contributed by atoms with Crippen LogP contribution in [0.2, 0.25) is 0 Å². The minimum absolute atomic E-state index is 0. The average Bonchev–Trinajstić information content (AvgIpc) is 2.19. The van der Waals surface area contributed by atoms with E-state index in [1.165, 1.54) is 0 Å². The molecule has 0 aliphatic carbocycles. The first-order chi connectivity index (χ1) is 6.26. The molecule has 0 saturated carbocycles. The van der Waals surface area contributed by atoms with E-state index < -0.39 is 0 Å². The average molecular weight is 238 g/mol. The summed E-state index contributed by atoms with van der Waals surface area (Å²) in [6, 6.07) is 7.08. The van der Waals surface area contributed by atoms with Crippen molar-refractivity contribution in [1.82, 2.24) is 0 Å². The summed E-state index contributed by atoms with van der Waals surface area (Å²) in [4.78, 5) is 1.62. The Kier molecular flexibility index (Phi) is 11.7. The van der Waals surface area contributed by atoms with Gasteiger partial charge in [-0.25, -0.2) is 0 Å². The van der Waals surface area contributed by atoms with Crippen LogP contribution in [0.15, 0.2) is 24.3 Å². The molecular formula is C9H14FeN2O2-2. The molecule has 0 unspecified atom stereocenters. The Labute approximate surface area is 91.6 Å². The maximum absolute atomic E-state index is 9.04. The van der Waals surface area contributed by atoms with Crippen LogP contribution in [-0.2, 0) is 15.6 Å². The van der Waals surface area contributed by atoms with Gasteiger partial charge in [-0.05, 0) is 0 Å². The fourth-order valence-corrected chi connectivity index (χ4v) is 0.843. The van der Waals surface area contributed by atoms with E-state index in [0.717, 1.165) is 5.56 Å². The van der Waals surface area contributed by atoms with Crippen LogP contribution >= 0.6 is 0 Å². The van der Waals surface area contributed by atoms with Crippen LogP contribution < -0.4 is 0 Å². The van der Waals surface area contributed by atoms with Gasteiger partial charge in [0, 0.05) is 0 Å². The third-order valence-electron chi connectivity index (χ3n) is 1.17. The summed E-state index contributed by atoms with van der Waals surface area (Å²) in [5.74, 6) is 0.285. The van der Waals surface area contributed by atoms with Crippen molar-refractivity contribution in [3.63, 3.8) is 0 Å². The van der Waals surface area contributed by atoms with Gasteiger partial charge >= 0.3 is 61.2 Å². The maximum atomic E-state index is 9.04. The molecule has 1 aromatic rings. The van der Waals surface area contributed by atoms with Crippen LogP contribution in [0.5, 0.6) is 5.75 Å². The van der Waals surface area contributed by atoms with Gasteiger partial charge in [0.25, 0.3) is 0 Å². The van der Waals surface area contributed by atoms with Gasteiger partial charge in [0.1, 0.15) is 0 Å². The summed E-state index contributed by atoms with van der Waals surface area (Å²) in [7, 11) is 0. The molecule has 0 heterocycles. The van der Waals surface area contributed by atoms with Gasteiger partial charge in [0.05, 0.1) is 0 Å². The zero-order valence-corrected chi connectivity index (χ0v) is 8.71. The van der Waals surface area contributed by atoms with Crippen LogP contribution in [0.3, 0.4) is 0 Å². The van der Waals surface area contributed by atoms with Gasteiger partial charge in [-0.3, -0.25) is 0 Å². The van der Waals surface area contributed by atoms with Crippen LogP contribution in [0.25, 0.3) is 11.5 Å². The summed E-state index contributed by atoms with van der Waals surface area (Å²) in [5, 5.41) is 9.04. The summed E-state index contributed by atoms with van der Waals surface area (Å²) in [5.41, 5.74) is 13.3. The standard InChI is InChI=1S/C7H6O.C2H6N2.Fe.H2O/c1-6-4-2-3-5-7(6)8;3-1-2-4;;/h1-5,8H;3-4H,1-2H2;;1H2/q;-2;;. The molecular weight excluding hydrogens is 224 g/mol. The molecule has 0 aliphatic heterocycles. The molecule has 82 valence electrons. The first-order valence-electron chi connectivity index (χ1n) is 3.75. The monoisotopic (exact) mass is 238 g/mol. The Balaban J connectivity index is 0. The number of para-hydroxylation sites is 1. The fraction of sp³-hybridized carbons (Fsp3) is 0.222. The van der Waals surface area contributed by atoms with E-state index in [9.17, 15) is 0 Å². The Morgan fingerprint density at radius 1 is 1.21 bits per heavy atom. The van der Waals surface area contributed by atoms with Gasteiger partial charge in [-0.15, -0.1) is 0 Å². The van der Waals surface area contributed by atoms with E-state index in [0.29, 0.717) is 0 Å². The van der Waals surface area contributed by atoms with Crippen molar-refractivity contribution < 1.29 is 26.2 Å². The normalized spacial score (nSPS) is 7.93. The number of nitrogens with one attached hydrogen (secondary N) is 2. The molecule has 0 amide bonds. The summed E-state index contributed by atoms with van der Waals surface area (Å²) >= 11 is 3.53. The van der Waals surface area contributed by atoms with Crippen LogP contribution in [0, 0.1) is 0 Å². The first-order valence-corrected chi connectivity index (χ1v) is 4.39. The second-order valence-electron chi connectivity index (χ2n) is 2.16. The molecule has 14 heavy (non-hydrogen) atoms. The molecule has 1 rings (SSSR count). The molecule has 0 saturated heterocycles. The molecule has 5 heteroatoms. The molecule has 0 aromatic heterocycles. The number of phenolic OH excluding ortho intramolecular Hbond substituents is 1. The molecule has 0 spiro atoms. The first kappa shape index (κ1) is 15.7. The summed E-state index contributed by atoms with van der Waals surface area (Å²) in [6.45, 7) is 0.472. The van der Waals surface area contributed by atoms with Crippen molar-refractivity contribution in [1.29, 1.82) is 0 Å². The third kappa shape index (κ3) is 6.77. The van der Waals surface area contributed by atoms with E-state index in [1.54, 1.807) is 17.1 Å². The summed E-state index contributed by atoms with van der Waals surface area (Å²) < 4.78 is 0. The Hall–Kier alpha value is -0.711. The molecule has 4 nitrogen and oxygen atoms in total. The topological polar surface area (TPSA) is 99.3 Å². The van der Waals surface area contributed by atoms with E-state index in [1.807, 2.05) is 12.1 Å². The zero-order chi connectivity index (χ0) is 10.1. The molecule has 5 N–H and O–H groups in total. The third-order valence-corrected chi connectivity index (χ3v) is 1.52. The van der Waals surface area contributed by atoms with Gasteiger partial charge in [0.15, 0.2) is 0 Å². The second-order valence-corrected chi connectivity index (χ2v) is 2.48. The summed E-state index contributed by atoms with van der Waals surface area (Å²) in [6.07, 6.45) is 0. The quantitative estimate of drug-likeness (QED) is 0.772. The Bertz CT molecular complexity index is 254. The molecule has 0 aliphatic rings. The van der Waals surface area contributed by atoms with Gasteiger partial charge in [-0.1, -0.05) is 0 Å². The van der Waals surface area contributed by atoms with Crippen molar-refractivity contribution in [2.75, 3.05) is 13.1 Å². The van der Waals surface area contributed by atoms with Crippen molar-refractivity contribution in [3.05, 3.63) is 41.3 Å². The number of hydrogen-bond acceptors (Lipinski definition) is 1. The van der Waals surface area contributed by atoms with Gasteiger partial charge < -0.3 is 16.9 Å². The Morgan fingerprint density at radius 3 is 2.00 bits per heavy atom. The number of hydrogen-bond donors (Lipinski definition) is 1. The van der Waals surface area contributed by atoms with Crippen molar-refractivity contribution >= 4 is 4.92 Å². The molecule has 0 radical (unpaired) electrons. The largest absolute Gasteiger partial charge is 0.679 e. The molecule has 1 aromatic carbocycles. The second kappa shape index (κ2) is 10.4. The maximum Gasteiger partial charge on any atom is -0.171 e. The molecule has 0 atom stereocenters. The van der Waals surface area contributed by atoms with E-state index in [-0.39, 0.29) is 24.3 Å². The minimum atomic E-state index is 0. The van der Waals surface area contributed by atoms with E-state index in [4.69, 9.17) is 16.6 Å². The van der Waals surface area contributed by atoms with Gasteiger partial charge in [0.2, 0.25) is 0 Å². The van der Waals surface area contributed by atoms with Gasteiger partial charge in [-0.2, -0.15) is 13.1 Å². The number of benzene rings is 1. The van der Waals surface area contributed by atoms with Crippen LogP contribution in [0.1, 0.15) is 5.56 Å². The van der Waals surface area contributed by atoms with Crippen molar-refractivity contribution in [2.45, 2.75) is 0 Å². The van der Waals surface area contributed by atoms with Crippen LogP contribution in [-0.4, -0.2) is 28.6 Å².